The van der Waals surface area contributed by atoms with Crippen LogP contribution in [-0.4, -0.2) is 41.6 Å². The van der Waals surface area contributed by atoms with Crippen LogP contribution in [0.15, 0.2) is 18.2 Å². The number of fused-ring (bicyclic) bond motifs is 1. The summed E-state index contributed by atoms with van der Waals surface area (Å²) in [7, 11) is 0. The molecule has 1 aliphatic heterocycles. The van der Waals surface area contributed by atoms with E-state index in [0.29, 0.717) is 19.4 Å². The minimum Gasteiger partial charge on any atom is -0.491 e. The second kappa shape index (κ2) is 6.98. The largest absolute Gasteiger partial charge is 0.491 e. The molecule has 0 aromatic heterocycles. The molecule has 1 saturated heterocycles. The minimum atomic E-state index is -0.805. The lowest BCUT2D eigenvalue weighted by atomic mass is 9.81. The van der Waals surface area contributed by atoms with Gasteiger partial charge in [-0.25, -0.2) is 8.78 Å². The van der Waals surface area contributed by atoms with Gasteiger partial charge in [-0.1, -0.05) is 6.42 Å². The molecule has 1 aliphatic carbocycles. The van der Waals surface area contributed by atoms with Crippen LogP contribution in [0, 0.1) is 23.0 Å². The van der Waals surface area contributed by atoms with Crippen molar-refractivity contribution in [2.45, 2.75) is 32.1 Å². The van der Waals surface area contributed by atoms with Crippen molar-refractivity contribution in [1.29, 1.82) is 0 Å². The SMILES string of the molecule is O=C(CCCOc1ccc(F)cc1F)N1C[C@@H]2CCC[C@@]2(C(=O)O)C1. The molecule has 25 heavy (non-hydrogen) atoms. The highest BCUT2D eigenvalue weighted by molar-refractivity contribution is 5.81. The Kier molecular flexibility index (Phi) is 4.92. The van der Waals surface area contributed by atoms with Crippen molar-refractivity contribution < 1.29 is 28.2 Å². The molecule has 0 unspecified atom stereocenters. The standard InChI is InChI=1S/C18H21F2NO4/c19-13-5-6-15(14(20)9-13)25-8-2-4-16(22)21-10-12-3-1-7-18(12,11-21)17(23)24/h5-6,9,12H,1-4,7-8,10-11H2,(H,23,24)/t12-,18+/m0/s1. The number of hydrogen-bond acceptors (Lipinski definition) is 3. The number of nitrogens with zero attached hydrogens (tertiary/aromatic N) is 1. The summed E-state index contributed by atoms with van der Waals surface area (Å²) in [6.07, 6.45) is 2.98. The van der Waals surface area contributed by atoms with Gasteiger partial charge in [-0.2, -0.15) is 0 Å². The Hall–Kier alpha value is -2.18. The van der Waals surface area contributed by atoms with E-state index in [1.54, 1.807) is 4.90 Å². The first kappa shape index (κ1) is 17.6. The monoisotopic (exact) mass is 353 g/mol. The van der Waals surface area contributed by atoms with Gasteiger partial charge in [0.2, 0.25) is 5.91 Å². The van der Waals surface area contributed by atoms with Crippen LogP contribution >= 0.6 is 0 Å². The van der Waals surface area contributed by atoms with Crippen molar-refractivity contribution in [2.24, 2.45) is 11.3 Å². The number of halogens is 2. The topological polar surface area (TPSA) is 66.8 Å². The first-order valence-electron chi connectivity index (χ1n) is 8.51. The molecule has 0 spiro atoms. The highest BCUT2D eigenvalue weighted by Crippen LogP contribution is 2.48. The fourth-order valence-electron chi connectivity index (χ4n) is 3.98. The number of aliphatic carboxylic acids is 1. The lowest BCUT2D eigenvalue weighted by Gasteiger charge is -2.23. The Bertz CT molecular complexity index is 681. The third kappa shape index (κ3) is 3.45. The highest BCUT2D eigenvalue weighted by atomic mass is 19.1. The summed E-state index contributed by atoms with van der Waals surface area (Å²) in [6, 6.07) is 3.07. The summed E-state index contributed by atoms with van der Waals surface area (Å²) in [5.74, 6) is -2.36. The molecule has 2 fully saturated rings. The molecule has 1 aromatic carbocycles. The van der Waals surface area contributed by atoms with E-state index in [9.17, 15) is 23.5 Å². The summed E-state index contributed by atoms with van der Waals surface area (Å²) >= 11 is 0. The van der Waals surface area contributed by atoms with Crippen molar-refractivity contribution in [3.8, 4) is 5.75 Å². The van der Waals surface area contributed by atoms with Gasteiger partial charge in [0.05, 0.1) is 12.0 Å². The van der Waals surface area contributed by atoms with Crippen LogP contribution in [0.25, 0.3) is 0 Å². The lowest BCUT2D eigenvalue weighted by Crippen LogP contribution is -2.37. The molecule has 2 atom stereocenters. The summed E-state index contributed by atoms with van der Waals surface area (Å²) in [6.45, 7) is 0.910. The van der Waals surface area contributed by atoms with E-state index in [1.165, 1.54) is 6.07 Å². The third-order valence-corrected chi connectivity index (χ3v) is 5.34. The van der Waals surface area contributed by atoms with Crippen molar-refractivity contribution in [2.75, 3.05) is 19.7 Å². The summed E-state index contributed by atoms with van der Waals surface area (Å²) in [5.41, 5.74) is -0.774. The Morgan fingerprint density at radius 1 is 1.36 bits per heavy atom. The number of carbonyl (C=O) groups excluding carboxylic acids is 1. The van der Waals surface area contributed by atoms with Crippen LogP contribution in [0.2, 0.25) is 0 Å². The molecular weight excluding hydrogens is 332 g/mol. The normalized spacial score (nSPS) is 25.0. The lowest BCUT2D eigenvalue weighted by molar-refractivity contribution is -0.149. The molecule has 2 aliphatic rings. The van der Waals surface area contributed by atoms with Gasteiger partial charge in [0.1, 0.15) is 5.82 Å². The van der Waals surface area contributed by atoms with Gasteiger partial charge in [0, 0.05) is 25.6 Å². The molecule has 1 heterocycles. The van der Waals surface area contributed by atoms with Crippen LogP contribution in [0.3, 0.4) is 0 Å². The number of carbonyl (C=O) groups is 2. The van der Waals surface area contributed by atoms with Gasteiger partial charge in [0.25, 0.3) is 0 Å². The van der Waals surface area contributed by atoms with Crippen LogP contribution in [0.5, 0.6) is 5.75 Å². The Morgan fingerprint density at radius 3 is 2.84 bits per heavy atom. The molecule has 1 saturated carbocycles. The van der Waals surface area contributed by atoms with Gasteiger partial charge in [0.15, 0.2) is 11.6 Å². The number of hydrogen-bond donors (Lipinski definition) is 1. The van der Waals surface area contributed by atoms with Gasteiger partial charge in [-0.3, -0.25) is 9.59 Å². The number of likely N-dealkylation sites (tertiary alicyclic amines) is 1. The zero-order valence-corrected chi connectivity index (χ0v) is 13.8. The maximum Gasteiger partial charge on any atom is 0.311 e. The second-order valence-electron chi connectivity index (χ2n) is 6.85. The van der Waals surface area contributed by atoms with E-state index < -0.39 is 23.0 Å². The molecule has 5 nitrogen and oxygen atoms in total. The molecule has 0 bridgehead atoms. The summed E-state index contributed by atoms with van der Waals surface area (Å²) < 4.78 is 31.5. The average molecular weight is 353 g/mol. The number of ether oxygens (including phenoxy) is 1. The molecule has 1 aromatic rings. The second-order valence-corrected chi connectivity index (χ2v) is 6.85. The summed E-state index contributed by atoms with van der Waals surface area (Å²) in [5, 5.41) is 9.54. The maximum atomic E-state index is 13.4. The van der Waals surface area contributed by atoms with Crippen LogP contribution in [0.4, 0.5) is 8.78 Å². The van der Waals surface area contributed by atoms with E-state index in [4.69, 9.17) is 4.74 Å². The number of carboxylic acid groups (broad SMARTS) is 1. The first-order valence-corrected chi connectivity index (χ1v) is 8.51. The molecule has 136 valence electrons. The van der Waals surface area contributed by atoms with E-state index in [0.717, 1.165) is 25.0 Å². The molecule has 1 amide bonds. The third-order valence-electron chi connectivity index (χ3n) is 5.34. The molecule has 3 rings (SSSR count). The highest BCUT2D eigenvalue weighted by Gasteiger charge is 2.55. The van der Waals surface area contributed by atoms with Crippen LogP contribution < -0.4 is 4.74 Å². The number of carboxylic acids is 1. The molecule has 0 radical (unpaired) electrons. The predicted octanol–water partition coefficient (Wildman–Crippen LogP) is 2.84. The first-order chi connectivity index (χ1) is 11.9. The number of rotatable bonds is 6. The Balaban J connectivity index is 1.47. The zero-order valence-electron chi connectivity index (χ0n) is 13.8. The van der Waals surface area contributed by atoms with Crippen molar-refractivity contribution in [1.82, 2.24) is 4.90 Å². The van der Waals surface area contributed by atoms with Crippen molar-refractivity contribution in [3.05, 3.63) is 29.8 Å². The maximum absolute atomic E-state index is 13.4. The molecule has 7 heteroatoms. The molecular formula is C18H21F2NO4. The fourth-order valence-corrected chi connectivity index (χ4v) is 3.98. The van der Waals surface area contributed by atoms with Gasteiger partial charge < -0.3 is 14.7 Å². The quantitative estimate of drug-likeness (QED) is 0.799. The van der Waals surface area contributed by atoms with Crippen LogP contribution in [0.1, 0.15) is 32.1 Å². The van der Waals surface area contributed by atoms with Gasteiger partial charge in [-0.05, 0) is 37.3 Å². The smallest absolute Gasteiger partial charge is 0.311 e. The van der Waals surface area contributed by atoms with E-state index >= 15 is 0 Å². The zero-order chi connectivity index (χ0) is 18.0. The van der Waals surface area contributed by atoms with E-state index in [1.807, 2.05) is 0 Å². The average Bonchev–Trinajstić information content (AvgIpc) is 3.11. The molecule has 1 N–H and O–H groups in total. The van der Waals surface area contributed by atoms with Crippen molar-refractivity contribution >= 4 is 11.9 Å². The minimum absolute atomic E-state index is 0.0403. The Labute approximate surface area is 144 Å². The van der Waals surface area contributed by atoms with Gasteiger partial charge in [-0.15, -0.1) is 0 Å². The Morgan fingerprint density at radius 2 is 2.16 bits per heavy atom. The van der Waals surface area contributed by atoms with Crippen molar-refractivity contribution in [3.63, 3.8) is 0 Å². The predicted molar refractivity (Wildman–Crippen MR) is 85.1 cm³/mol. The number of benzene rings is 1. The van der Waals surface area contributed by atoms with Crippen LogP contribution in [-0.2, 0) is 9.59 Å². The number of amides is 1. The van der Waals surface area contributed by atoms with E-state index in [2.05, 4.69) is 0 Å². The summed E-state index contributed by atoms with van der Waals surface area (Å²) in [4.78, 5) is 25.6. The van der Waals surface area contributed by atoms with E-state index in [-0.39, 0.29) is 37.1 Å². The fraction of sp³-hybridized carbons (Fsp3) is 0.556. The van der Waals surface area contributed by atoms with Gasteiger partial charge >= 0.3 is 5.97 Å².